The molecule has 2 amide bonds. The van der Waals surface area contributed by atoms with E-state index in [1.165, 1.54) is 18.2 Å². The smallest absolute Gasteiger partial charge is 0.326 e. The van der Waals surface area contributed by atoms with Gasteiger partial charge in [-0.1, -0.05) is 13.3 Å². The van der Waals surface area contributed by atoms with Crippen LogP contribution >= 0.6 is 15.9 Å². The first-order chi connectivity index (χ1) is 9.85. The van der Waals surface area contributed by atoms with E-state index in [1.54, 1.807) is 6.92 Å². The van der Waals surface area contributed by atoms with Crippen LogP contribution in [0.4, 0.5) is 16.2 Å². The van der Waals surface area contributed by atoms with Crippen molar-refractivity contribution in [2.45, 2.75) is 25.8 Å². The molecule has 0 aliphatic carbocycles. The number of non-ortho nitro benzene ring substituents is 1. The number of nitrogens with one attached hydrogen (secondary N) is 2. The van der Waals surface area contributed by atoms with Crippen molar-refractivity contribution in [3.05, 3.63) is 32.8 Å². The lowest BCUT2D eigenvalue weighted by atomic mass is 10.2. The Labute approximate surface area is 128 Å². The van der Waals surface area contributed by atoms with E-state index in [-0.39, 0.29) is 11.4 Å². The van der Waals surface area contributed by atoms with Crippen LogP contribution in [0.2, 0.25) is 0 Å². The summed E-state index contributed by atoms with van der Waals surface area (Å²) in [6.45, 7) is 1.80. The Morgan fingerprint density at radius 3 is 2.67 bits per heavy atom. The van der Waals surface area contributed by atoms with Gasteiger partial charge in [0.25, 0.3) is 5.69 Å². The van der Waals surface area contributed by atoms with Crippen molar-refractivity contribution < 1.29 is 19.6 Å². The molecule has 1 aromatic rings. The second-order valence-electron chi connectivity index (χ2n) is 4.20. The van der Waals surface area contributed by atoms with Crippen molar-refractivity contribution in [1.82, 2.24) is 5.32 Å². The van der Waals surface area contributed by atoms with E-state index in [2.05, 4.69) is 26.6 Å². The maximum atomic E-state index is 11.8. The third-order valence-electron chi connectivity index (χ3n) is 2.59. The third-order valence-corrected chi connectivity index (χ3v) is 3.28. The lowest BCUT2D eigenvalue weighted by molar-refractivity contribution is -0.384. The summed E-state index contributed by atoms with van der Waals surface area (Å²) in [5, 5.41) is 24.3. The molecule has 0 heterocycles. The molecule has 0 saturated carbocycles. The van der Waals surface area contributed by atoms with Gasteiger partial charge in [0.05, 0.1) is 10.6 Å². The first-order valence-electron chi connectivity index (χ1n) is 6.09. The number of carboxylic acids is 1. The summed E-state index contributed by atoms with van der Waals surface area (Å²) < 4.78 is 0.450. The highest BCUT2D eigenvalue weighted by Crippen LogP contribution is 2.27. The molecule has 0 unspecified atom stereocenters. The first-order valence-corrected chi connectivity index (χ1v) is 6.88. The molecule has 0 fully saturated rings. The van der Waals surface area contributed by atoms with Crippen molar-refractivity contribution in [2.75, 3.05) is 5.32 Å². The Hall–Kier alpha value is -2.16. The van der Waals surface area contributed by atoms with Crippen LogP contribution in [-0.2, 0) is 4.79 Å². The number of benzene rings is 1. The van der Waals surface area contributed by atoms with Crippen molar-refractivity contribution in [2.24, 2.45) is 0 Å². The molecule has 0 aliphatic heterocycles. The highest BCUT2D eigenvalue weighted by Gasteiger charge is 2.19. The minimum atomic E-state index is -1.13. The summed E-state index contributed by atoms with van der Waals surface area (Å²) in [7, 11) is 0. The van der Waals surface area contributed by atoms with E-state index in [0.717, 1.165) is 0 Å². The van der Waals surface area contributed by atoms with Crippen LogP contribution in [0.5, 0.6) is 0 Å². The van der Waals surface area contributed by atoms with E-state index in [0.29, 0.717) is 17.3 Å². The van der Waals surface area contributed by atoms with E-state index in [4.69, 9.17) is 5.11 Å². The number of nitro groups is 1. The summed E-state index contributed by atoms with van der Waals surface area (Å²) in [6.07, 6.45) is 0.886. The number of carbonyl (C=O) groups is 2. The highest BCUT2D eigenvalue weighted by molar-refractivity contribution is 9.10. The molecule has 1 atom stereocenters. The molecule has 0 spiro atoms. The zero-order valence-electron chi connectivity index (χ0n) is 11.1. The largest absolute Gasteiger partial charge is 0.480 e. The number of anilines is 1. The van der Waals surface area contributed by atoms with Crippen LogP contribution in [0.3, 0.4) is 0 Å². The Kier molecular flexibility index (Phi) is 6.10. The van der Waals surface area contributed by atoms with Crippen LogP contribution < -0.4 is 10.6 Å². The molecule has 3 N–H and O–H groups in total. The van der Waals surface area contributed by atoms with Gasteiger partial charge in [0.15, 0.2) is 0 Å². The zero-order valence-corrected chi connectivity index (χ0v) is 12.7. The number of rotatable bonds is 6. The van der Waals surface area contributed by atoms with Gasteiger partial charge in [-0.2, -0.15) is 0 Å². The van der Waals surface area contributed by atoms with Gasteiger partial charge in [0, 0.05) is 16.6 Å². The summed E-state index contributed by atoms with van der Waals surface area (Å²) in [4.78, 5) is 32.8. The van der Waals surface area contributed by atoms with Crippen molar-refractivity contribution in [3.8, 4) is 0 Å². The predicted molar refractivity (Wildman–Crippen MR) is 79.3 cm³/mol. The maximum absolute atomic E-state index is 11.8. The average Bonchev–Trinajstić information content (AvgIpc) is 2.40. The second-order valence-corrected chi connectivity index (χ2v) is 5.05. The Morgan fingerprint density at radius 1 is 1.48 bits per heavy atom. The average molecular weight is 360 g/mol. The fraction of sp³-hybridized carbons (Fsp3) is 0.333. The SMILES string of the molecule is CCC[C@H](NC(=O)Nc1cc([N+](=O)[O-])ccc1Br)C(=O)O. The van der Waals surface area contributed by atoms with Crippen molar-refractivity contribution in [1.29, 1.82) is 0 Å². The lowest BCUT2D eigenvalue weighted by Crippen LogP contribution is -2.42. The highest BCUT2D eigenvalue weighted by atomic mass is 79.9. The molecule has 21 heavy (non-hydrogen) atoms. The topological polar surface area (TPSA) is 122 Å². The summed E-state index contributed by atoms with van der Waals surface area (Å²) in [6, 6.07) is 2.14. The standard InChI is InChI=1S/C12H14BrN3O5/c1-2-3-9(11(17)18)14-12(19)15-10-6-7(16(20)21)4-5-8(10)13/h4-6,9H,2-3H2,1H3,(H,17,18)(H2,14,15,19)/t9-/m0/s1. The number of hydrogen-bond acceptors (Lipinski definition) is 4. The van der Waals surface area contributed by atoms with Gasteiger partial charge in [0.1, 0.15) is 6.04 Å². The monoisotopic (exact) mass is 359 g/mol. The number of urea groups is 1. The third kappa shape index (κ3) is 5.03. The second kappa shape index (κ2) is 7.58. The molecular formula is C12H14BrN3O5. The number of carboxylic acid groups (broad SMARTS) is 1. The molecule has 1 rings (SSSR count). The molecule has 0 aliphatic rings. The van der Waals surface area contributed by atoms with E-state index in [1.807, 2.05) is 0 Å². The van der Waals surface area contributed by atoms with Gasteiger partial charge in [0.2, 0.25) is 0 Å². The van der Waals surface area contributed by atoms with E-state index < -0.39 is 23.0 Å². The summed E-state index contributed by atoms with van der Waals surface area (Å²) in [5.74, 6) is -1.13. The molecule has 114 valence electrons. The number of halogens is 1. The fourth-order valence-corrected chi connectivity index (χ4v) is 1.93. The maximum Gasteiger partial charge on any atom is 0.326 e. The molecule has 0 saturated heterocycles. The van der Waals surface area contributed by atoms with E-state index in [9.17, 15) is 19.7 Å². The van der Waals surface area contributed by atoms with Crippen LogP contribution in [-0.4, -0.2) is 28.1 Å². The van der Waals surface area contributed by atoms with E-state index >= 15 is 0 Å². The molecule has 1 aromatic carbocycles. The predicted octanol–water partition coefficient (Wildman–Crippen LogP) is 2.73. The van der Waals surface area contributed by atoms with Crippen molar-refractivity contribution >= 4 is 39.3 Å². The normalized spacial score (nSPS) is 11.5. The summed E-state index contributed by atoms with van der Waals surface area (Å²) >= 11 is 3.15. The van der Waals surface area contributed by atoms with Crippen LogP contribution in [0.15, 0.2) is 22.7 Å². The molecule has 0 radical (unpaired) electrons. The Bertz CT molecular complexity index is 564. The number of amides is 2. The van der Waals surface area contributed by atoms with Gasteiger partial charge < -0.3 is 15.7 Å². The number of carbonyl (C=O) groups excluding carboxylic acids is 1. The van der Waals surface area contributed by atoms with Gasteiger partial charge in [-0.25, -0.2) is 9.59 Å². The van der Waals surface area contributed by atoms with Crippen LogP contribution in [0.25, 0.3) is 0 Å². The fourth-order valence-electron chi connectivity index (χ4n) is 1.59. The lowest BCUT2D eigenvalue weighted by Gasteiger charge is -2.14. The Morgan fingerprint density at radius 2 is 2.14 bits per heavy atom. The number of hydrogen-bond donors (Lipinski definition) is 3. The van der Waals surface area contributed by atoms with Crippen molar-refractivity contribution in [3.63, 3.8) is 0 Å². The Balaban J connectivity index is 2.80. The summed E-state index contributed by atoms with van der Waals surface area (Å²) in [5.41, 5.74) is -0.000759. The number of nitro benzene ring substituents is 1. The number of aliphatic carboxylic acids is 1. The van der Waals surface area contributed by atoms with Gasteiger partial charge in [-0.05, 0) is 28.4 Å². The van der Waals surface area contributed by atoms with Gasteiger partial charge >= 0.3 is 12.0 Å². The minimum absolute atomic E-state index is 0.183. The molecule has 9 heteroatoms. The van der Waals surface area contributed by atoms with Crippen LogP contribution in [0.1, 0.15) is 19.8 Å². The first kappa shape index (κ1) is 16.9. The van der Waals surface area contributed by atoms with Gasteiger partial charge in [-0.15, -0.1) is 0 Å². The quantitative estimate of drug-likeness (QED) is 0.532. The molecule has 0 bridgehead atoms. The van der Waals surface area contributed by atoms with Gasteiger partial charge in [-0.3, -0.25) is 10.1 Å². The number of nitrogens with zero attached hydrogens (tertiary/aromatic N) is 1. The van der Waals surface area contributed by atoms with Crippen LogP contribution in [0, 0.1) is 10.1 Å². The molecule has 8 nitrogen and oxygen atoms in total. The minimum Gasteiger partial charge on any atom is -0.480 e. The molecular weight excluding hydrogens is 346 g/mol. The zero-order chi connectivity index (χ0) is 16.0. The molecule has 0 aromatic heterocycles.